The molecule has 2 bridgehead atoms. The van der Waals surface area contributed by atoms with Crippen LogP contribution in [0.3, 0.4) is 0 Å². The highest BCUT2D eigenvalue weighted by Gasteiger charge is 2.39. The van der Waals surface area contributed by atoms with Crippen LogP contribution in [-0.2, 0) is 11.3 Å². The van der Waals surface area contributed by atoms with E-state index >= 15 is 0 Å². The van der Waals surface area contributed by atoms with Crippen molar-refractivity contribution >= 4 is 5.91 Å². The summed E-state index contributed by atoms with van der Waals surface area (Å²) in [5, 5.41) is 0. The number of hydrogen-bond donors (Lipinski definition) is 0. The molecule has 27 heavy (non-hydrogen) atoms. The van der Waals surface area contributed by atoms with E-state index in [1.165, 1.54) is 30.4 Å². The first-order chi connectivity index (χ1) is 13.0. The Hall–Kier alpha value is -1.55. The Morgan fingerprint density at radius 1 is 1.15 bits per heavy atom. The Morgan fingerprint density at radius 2 is 1.96 bits per heavy atom. The average molecular weight is 371 g/mol. The molecule has 4 heteroatoms. The summed E-state index contributed by atoms with van der Waals surface area (Å²) in [5.41, 5.74) is 2.65. The van der Waals surface area contributed by atoms with Gasteiger partial charge in [0, 0.05) is 43.7 Å². The number of methoxy groups -OCH3 is 1. The van der Waals surface area contributed by atoms with Gasteiger partial charge in [-0.15, -0.1) is 0 Å². The maximum absolute atomic E-state index is 12.8. The molecule has 0 N–H and O–H groups in total. The second-order valence-corrected chi connectivity index (χ2v) is 9.12. The Bertz CT molecular complexity index is 683. The standard InChI is InChI=1S/C23H34N2O2/c1-16(2)19-8-10-22(27-3)20(11-19)14-24-12-17-7-9-21(24)15-25(13-17)23(26)18-5-4-6-18/h8,10-11,16-18,21H,4-7,9,12-15H2,1-3H3/t17-,21-/m1/s1. The van der Waals surface area contributed by atoms with E-state index in [0.29, 0.717) is 29.7 Å². The monoisotopic (exact) mass is 370 g/mol. The molecule has 4 fully saturated rings. The highest BCUT2D eigenvalue weighted by molar-refractivity contribution is 5.79. The van der Waals surface area contributed by atoms with E-state index in [9.17, 15) is 4.79 Å². The van der Waals surface area contributed by atoms with Crippen molar-refractivity contribution < 1.29 is 9.53 Å². The van der Waals surface area contributed by atoms with Crippen molar-refractivity contribution in [1.29, 1.82) is 0 Å². The first kappa shape index (κ1) is 18.8. The summed E-state index contributed by atoms with van der Waals surface area (Å²) >= 11 is 0. The number of amides is 1. The van der Waals surface area contributed by atoms with Crippen molar-refractivity contribution in [3.05, 3.63) is 29.3 Å². The van der Waals surface area contributed by atoms with Gasteiger partial charge in [-0.05, 0) is 49.1 Å². The van der Waals surface area contributed by atoms with Crippen molar-refractivity contribution in [2.75, 3.05) is 26.7 Å². The van der Waals surface area contributed by atoms with Crippen molar-refractivity contribution in [3.8, 4) is 5.75 Å². The van der Waals surface area contributed by atoms with E-state index in [-0.39, 0.29) is 0 Å². The lowest BCUT2D eigenvalue weighted by Crippen LogP contribution is -2.45. The van der Waals surface area contributed by atoms with E-state index in [4.69, 9.17) is 4.74 Å². The minimum Gasteiger partial charge on any atom is -0.496 e. The predicted octanol–water partition coefficient (Wildman–Crippen LogP) is 4.04. The number of piperidine rings is 1. The van der Waals surface area contributed by atoms with E-state index < -0.39 is 0 Å². The van der Waals surface area contributed by atoms with Gasteiger partial charge in [-0.1, -0.05) is 32.4 Å². The van der Waals surface area contributed by atoms with Gasteiger partial charge < -0.3 is 9.64 Å². The molecule has 0 aromatic heterocycles. The first-order valence-corrected chi connectivity index (χ1v) is 10.7. The van der Waals surface area contributed by atoms with Gasteiger partial charge >= 0.3 is 0 Å². The molecule has 1 amide bonds. The Morgan fingerprint density at radius 3 is 2.63 bits per heavy atom. The fourth-order valence-corrected chi connectivity index (χ4v) is 4.97. The molecule has 3 aliphatic heterocycles. The summed E-state index contributed by atoms with van der Waals surface area (Å²) in [4.78, 5) is 17.6. The summed E-state index contributed by atoms with van der Waals surface area (Å²) in [6.07, 6.45) is 5.92. The second kappa shape index (κ2) is 7.83. The van der Waals surface area contributed by atoms with Crippen LogP contribution in [0.15, 0.2) is 18.2 Å². The highest BCUT2D eigenvalue weighted by Crippen LogP contribution is 2.34. The SMILES string of the molecule is COc1ccc(C(C)C)cc1CN1C[C@H]2CC[C@@H]1CN(C(=O)C1CCC1)C2. The molecule has 1 aliphatic carbocycles. The Balaban J connectivity index is 1.50. The van der Waals surface area contributed by atoms with Gasteiger partial charge in [-0.2, -0.15) is 0 Å². The van der Waals surface area contributed by atoms with Crippen LogP contribution in [0.5, 0.6) is 5.75 Å². The van der Waals surface area contributed by atoms with Gasteiger partial charge in [0.2, 0.25) is 5.91 Å². The van der Waals surface area contributed by atoms with Crippen LogP contribution < -0.4 is 4.74 Å². The Kier molecular flexibility index (Phi) is 5.45. The number of ether oxygens (including phenoxy) is 1. The zero-order valence-electron chi connectivity index (χ0n) is 17.1. The zero-order valence-corrected chi connectivity index (χ0v) is 17.1. The van der Waals surface area contributed by atoms with Crippen molar-refractivity contribution in [2.24, 2.45) is 11.8 Å². The average Bonchev–Trinajstić information content (AvgIpc) is 2.92. The molecule has 1 aromatic rings. The smallest absolute Gasteiger partial charge is 0.225 e. The maximum atomic E-state index is 12.8. The molecule has 1 aromatic carbocycles. The lowest BCUT2D eigenvalue weighted by atomic mass is 9.84. The van der Waals surface area contributed by atoms with Crippen LogP contribution in [-0.4, -0.2) is 48.5 Å². The minimum atomic E-state index is 0.318. The Labute approximate surface area is 163 Å². The third-order valence-corrected chi connectivity index (χ3v) is 6.94. The fraction of sp³-hybridized carbons (Fsp3) is 0.696. The van der Waals surface area contributed by atoms with Crippen LogP contribution in [0.25, 0.3) is 0 Å². The van der Waals surface area contributed by atoms with Crippen molar-refractivity contribution in [2.45, 2.75) is 64.5 Å². The summed E-state index contributed by atoms with van der Waals surface area (Å²) < 4.78 is 5.65. The van der Waals surface area contributed by atoms with Gasteiger partial charge in [0.25, 0.3) is 0 Å². The number of benzene rings is 1. The van der Waals surface area contributed by atoms with E-state index in [1.54, 1.807) is 7.11 Å². The number of rotatable bonds is 5. The zero-order chi connectivity index (χ0) is 19.0. The largest absolute Gasteiger partial charge is 0.496 e. The first-order valence-electron chi connectivity index (χ1n) is 10.7. The number of carbonyl (C=O) groups is 1. The number of carbonyl (C=O) groups excluding carboxylic acids is 1. The highest BCUT2D eigenvalue weighted by atomic mass is 16.5. The number of hydrogen-bond acceptors (Lipinski definition) is 3. The number of nitrogens with zero attached hydrogens (tertiary/aromatic N) is 2. The molecule has 0 radical (unpaired) electrons. The molecule has 2 atom stereocenters. The lowest BCUT2D eigenvalue weighted by molar-refractivity contribution is -0.138. The maximum Gasteiger partial charge on any atom is 0.225 e. The van der Waals surface area contributed by atoms with Crippen molar-refractivity contribution in [1.82, 2.24) is 9.80 Å². The topological polar surface area (TPSA) is 32.8 Å². The predicted molar refractivity (Wildman–Crippen MR) is 108 cm³/mol. The summed E-state index contributed by atoms with van der Waals surface area (Å²) in [6.45, 7) is 8.39. The van der Waals surface area contributed by atoms with Gasteiger partial charge in [0.05, 0.1) is 7.11 Å². The van der Waals surface area contributed by atoms with Crippen molar-refractivity contribution in [3.63, 3.8) is 0 Å². The molecular formula is C23H34N2O2. The van der Waals surface area contributed by atoms with Gasteiger partial charge in [0.15, 0.2) is 0 Å². The molecule has 4 nitrogen and oxygen atoms in total. The fourth-order valence-electron chi connectivity index (χ4n) is 4.97. The summed E-state index contributed by atoms with van der Waals surface area (Å²) in [6, 6.07) is 7.10. The molecule has 3 saturated heterocycles. The van der Waals surface area contributed by atoms with Crippen LogP contribution in [0, 0.1) is 11.8 Å². The van der Waals surface area contributed by atoms with Gasteiger partial charge in [0.1, 0.15) is 5.75 Å². The summed E-state index contributed by atoms with van der Waals surface area (Å²) in [7, 11) is 1.77. The van der Waals surface area contributed by atoms with E-state index in [0.717, 1.165) is 44.8 Å². The molecule has 4 aliphatic rings. The van der Waals surface area contributed by atoms with Crippen LogP contribution in [0.1, 0.15) is 63.0 Å². The van der Waals surface area contributed by atoms with E-state index in [1.807, 2.05) is 0 Å². The van der Waals surface area contributed by atoms with Crippen LogP contribution >= 0.6 is 0 Å². The summed E-state index contributed by atoms with van der Waals surface area (Å²) in [5.74, 6) is 2.87. The third-order valence-electron chi connectivity index (χ3n) is 6.94. The molecule has 5 rings (SSSR count). The molecule has 148 valence electrons. The lowest BCUT2D eigenvalue weighted by Gasteiger charge is -2.36. The molecule has 3 heterocycles. The van der Waals surface area contributed by atoms with Crippen LogP contribution in [0.4, 0.5) is 0 Å². The normalized spacial score (nSPS) is 26.1. The molecular weight excluding hydrogens is 336 g/mol. The molecule has 0 spiro atoms. The second-order valence-electron chi connectivity index (χ2n) is 9.12. The number of fused-ring (bicyclic) bond motifs is 4. The quantitative estimate of drug-likeness (QED) is 0.784. The third kappa shape index (κ3) is 3.87. The molecule has 1 saturated carbocycles. The van der Waals surface area contributed by atoms with Gasteiger partial charge in [-0.25, -0.2) is 0 Å². The van der Waals surface area contributed by atoms with Crippen LogP contribution in [0.2, 0.25) is 0 Å². The minimum absolute atomic E-state index is 0.318. The van der Waals surface area contributed by atoms with E-state index in [2.05, 4.69) is 41.8 Å². The van der Waals surface area contributed by atoms with Gasteiger partial charge in [-0.3, -0.25) is 9.69 Å². The molecule has 0 unspecified atom stereocenters.